The van der Waals surface area contributed by atoms with Crippen LogP contribution in [0, 0.1) is 12.8 Å². The number of hydrogen-bond donors (Lipinski definition) is 0. The second-order valence-corrected chi connectivity index (χ2v) is 5.86. The van der Waals surface area contributed by atoms with Crippen LogP contribution in [0.1, 0.15) is 31.7 Å². The molecule has 0 saturated heterocycles. The van der Waals surface area contributed by atoms with Crippen molar-refractivity contribution in [3.63, 3.8) is 0 Å². The number of rotatable bonds is 7. The van der Waals surface area contributed by atoms with Gasteiger partial charge in [0, 0.05) is 5.75 Å². The minimum atomic E-state index is 0.306. The molecule has 1 unspecified atom stereocenters. The Labute approximate surface area is 123 Å². The van der Waals surface area contributed by atoms with Gasteiger partial charge in [0.25, 0.3) is 11.1 Å². The van der Waals surface area contributed by atoms with Crippen LogP contribution in [0.25, 0.3) is 0 Å². The van der Waals surface area contributed by atoms with Gasteiger partial charge in [0.15, 0.2) is 6.61 Å². The van der Waals surface area contributed by atoms with E-state index in [1.807, 2.05) is 31.2 Å². The topological polar surface area (TPSA) is 48.2 Å². The van der Waals surface area contributed by atoms with Gasteiger partial charge >= 0.3 is 0 Å². The maximum absolute atomic E-state index is 5.63. The van der Waals surface area contributed by atoms with Crippen molar-refractivity contribution in [2.24, 2.45) is 5.92 Å². The lowest BCUT2D eigenvalue weighted by Crippen LogP contribution is -1.95. The molecule has 0 N–H and O–H groups in total. The third-order valence-electron chi connectivity index (χ3n) is 2.99. The Morgan fingerprint density at radius 1 is 1.35 bits per heavy atom. The van der Waals surface area contributed by atoms with E-state index in [4.69, 9.17) is 9.15 Å². The fourth-order valence-electron chi connectivity index (χ4n) is 1.54. The van der Waals surface area contributed by atoms with E-state index in [0.717, 1.165) is 23.5 Å². The number of aromatic nitrogens is 2. The fraction of sp³-hybridized carbons (Fsp3) is 0.467. The summed E-state index contributed by atoms with van der Waals surface area (Å²) in [7, 11) is 0. The summed E-state index contributed by atoms with van der Waals surface area (Å²) in [6, 6.07) is 7.89. The van der Waals surface area contributed by atoms with Crippen LogP contribution in [0.15, 0.2) is 33.9 Å². The van der Waals surface area contributed by atoms with Crippen LogP contribution in [0.4, 0.5) is 0 Å². The predicted octanol–water partition coefficient (Wildman–Crippen LogP) is 4.10. The molecule has 1 atom stereocenters. The van der Waals surface area contributed by atoms with Gasteiger partial charge in [-0.1, -0.05) is 44.2 Å². The second kappa shape index (κ2) is 7.33. The maximum Gasteiger partial charge on any atom is 0.276 e. The van der Waals surface area contributed by atoms with Gasteiger partial charge in [-0.05, 0) is 30.5 Å². The van der Waals surface area contributed by atoms with Crippen molar-refractivity contribution < 1.29 is 9.15 Å². The molecule has 20 heavy (non-hydrogen) atoms. The van der Waals surface area contributed by atoms with E-state index in [9.17, 15) is 0 Å². The molecule has 0 aliphatic heterocycles. The maximum atomic E-state index is 5.63. The molecule has 0 radical (unpaired) electrons. The third kappa shape index (κ3) is 4.56. The molecule has 0 spiro atoms. The number of benzene rings is 1. The highest BCUT2D eigenvalue weighted by atomic mass is 32.2. The van der Waals surface area contributed by atoms with Gasteiger partial charge in [-0.15, -0.1) is 10.2 Å². The molecular weight excluding hydrogens is 272 g/mol. The van der Waals surface area contributed by atoms with Crippen molar-refractivity contribution in [2.75, 3.05) is 5.75 Å². The predicted molar refractivity (Wildman–Crippen MR) is 80.0 cm³/mol. The van der Waals surface area contributed by atoms with Gasteiger partial charge < -0.3 is 9.15 Å². The van der Waals surface area contributed by atoms with Gasteiger partial charge in [-0.25, -0.2) is 0 Å². The van der Waals surface area contributed by atoms with Crippen LogP contribution < -0.4 is 4.74 Å². The molecule has 0 saturated carbocycles. The summed E-state index contributed by atoms with van der Waals surface area (Å²) in [4.78, 5) is 0. The zero-order chi connectivity index (χ0) is 14.4. The Hall–Kier alpha value is -1.49. The van der Waals surface area contributed by atoms with E-state index in [1.54, 1.807) is 11.8 Å². The van der Waals surface area contributed by atoms with Gasteiger partial charge in [-0.3, -0.25) is 0 Å². The molecule has 0 aliphatic rings. The van der Waals surface area contributed by atoms with E-state index < -0.39 is 0 Å². The molecule has 0 aliphatic carbocycles. The Morgan fingerprint density at radius 3 is 2.95 bits per heavy atom. The normalized spacial score (nSPS) is 12.3. The molecule has 2 rings (SSSR count). The van der Waals surface area contributed by atoms with Crippen LogP contribution in [0.2, 0.25) is 0 Å². The zero-order valence-electron chi connectivity index (χ0n) is 12.1. The number of ether oxygens (including phenoxy) is 1. The number of thioether (sulfide) groups is 1. The second-order valence-electron chi connectivity index (χ2n) is 4.89. The molecule has 2 aromatic rings. The molecule has 1 aromatic carbocycles. The smallest absolute Gasteiger partial charge is 0.276 e. The van der Waals surface area contributed by atoms with Gasteiger partial charge in [0.1, 0.15) is 5.75 Å². The monoisotopic (exact) mass is 292 g/mol. The number of nitrogens with zero attached hydrogens (tertiary/aromatic N) is 2. The Morgan fingerprint density at radius 2 is 2.20 bits per heavy atom. The molecule has 1 heterocycles. The molecule has 4 nitrogen and oxygen atoms in total. The Bertz CT molecular complexity index is 542. The molecule has 0 fully saturated rings. The van der Waals surface area contributed by atoms with Crippen molar-refractivity contribution in [3.8, 4) is 5.75 Å². The summed E-state index contributed by atoms with van der Waals surface area (Å²) in [5, 5.41) is 8.63. The van der Waals surface area contributed by atoms with Gasteiger partial charge in [0.05, 0.1) is 0 Å². The minimum Gasteiger partial charge on any atom is -0.484 e. The van der Waals surface area contributed by atoms with E-state index >= 15 is 0 Å². The van der Waals surface area contributed by atoms with Crippen molar-refractivity contribution in [1.82, 2.24) is 10.2 Å². The average molecular weight is 292 g/mol. The fourth-order valence-corrected chi connectivity index (χ4v) is 2.45. The molecule has 1 aromatic heterocycles. The van der Waals surface area contributed by atoms with Crippen molar-refractivity contribution in [1.29, 1.82) is 0 Å². The SMILES string of the molecule is CCC(C)CSc1nnc(COc2cccc(C)c2)o1. The van der Waals surface area contributed by atoms with Crippen LogP contribution in [0.5, 0.6) is 5.75 Å². The van der Waals surface area contributed by atoms with Crippen molar-refractivity contribution >= 4 is 11.8 Å². The number of aryl methyl sites for hydroxylation is 1. The summed E-state index contributed by atoms with van der Waals surface area (Å²) >= 11 is 1.60. The van der Waals surface area contributed by atoms with E-state index in [-0.39, 0.29) is 0 Å². The minimum absolute atomic E-state index is 0.306. The quantitative estimate of drug-likeness (QED) is 0.719. The Balaban J connectivity index is 1.83. The van der Waals surface area contributed by atoms with Gasteiger partial charge in [0.2, 0.25) is 0 Å². The summed E-state index contributed by atoms with van der Waals surface area (Å²) < 4.78 is 11.2. The molecule has 108 valence electrons. The average Bonchev–Trinajstić information content (AvgIpc) is 2.90. The molecule has 0 amide bonds. The molecular formula is C15H20N2O2S. The van der Waals surface area contributed by atoms with Crippen molar-refractivity contribution in [3.05, 3.63) is 35.7 Å². The summed E-state index contributed by atoms with van der Waals surface area (Å²) in [6.45, 7) is 6.73. The van der Waals surface area contributed by atoms with E-state index in [0.29, 0.717) is 23.6 Å². The summed E-state index contributed by atoms with van der Waals surface area (Å²) in [5.74, 6) is 2.98. The highest BCUT2D eigenvalue weighted by Gasteiger charge is 2.09. The van der Waals surface area contributed by atoms with Crippen LogP contribution in [-0.4, -0.2) is 16.0 Å². The lowest BCUT2D eigenvalue weighted by Gasteiger charge is -2.04. The molecule has 0 bridgehead atoms. The standard InChI is InChI=1S/C15H20N2O2S/c1-4-11(2)10-20-15-17-16-14(19-15)9-18-13-7-5-6-12(3)8-13/h5-8,11H,4,9-10H2,1-3H3. The van der Waals surface area contributed by atoms with Crippen LogP contribution in [0.3, 0.4) is 0 Å². The zero-order valence-corrected chi connectivity index (χ0v) is 12.9. The van der Waals surface area contributed by atoms with Gasteiger partial charge in [-0.2, -0.15) is 0 Å². The van der Waals surface area contributed by atoms with Crippen LogP contribution >= 0.6 is 11.8 Å². The van der Waals surface area contributed by atoms with E-state index in [1.165, 1.54) is 0 Å². The lowest BCUT2D eigenvalue weighted by atomic mass is 10.2. The first-order valence-electron chi connectivity index (χ1n) is 6.82. The highest BCUT2D eigenvalue weighted by Crippen LogP contribution is 2.21. The third-order valence-corrected chi connectivity index (χ3v) is 4.14. The molecule has 5 heteroatoms. The lowest BCUT2D eigenvalue weighted by molar-refractivity contribution is 0.252. The highest BCUT2D eigenvalue weighted by molar-refractivity contribution is 7.99. The largest absolute Gasteiger partial charge is 0.484 e. The first-order valence-corrected chi connectivity index (χ1v) is 7.80. The number of hydrogen-bond acceptors (Lipinski definition) is 5. The Kier molecular flexibility index (Phi) is 5.47. The van der Waals surface area contributed by atoms with Crippen LogP contribution in [-0.2, 0) is 6.61 Å². The first-order chi connectivity index (χ1) is 9.67. The summed E-state index contributed by atoms with van der Waals surface area (Å²) in [6.07, 6.45) is 1.16. The van der Waals surface area contributed by atoms with E-state index in [2.05, 4.69) is 24.0 Å². The first kappa shape index (κ1) is 14.9. The van der Waals surface area contributed by atoms with Crippen molar-refractivity contribution in [2.45, 2.75) is 39.0 Å². The summed E-state index contributed by atoms with van der Waals surface area (Å²) in [5.41, 5.74) is 1.16.